The highest BCUT2D eigenvalue weighted by Gasteiger charge is 2.16. The molecule has 6 nitrogen and oxygen atoms in total. The molecule has 2 aromatic carbocycles. The summed E-state index contributed by atoms with van der Waals surface area (Å²) >= 11 is 0. The van der Waals surface area contributed by atoms with E-state index in [1.165, 1.54) is 19.4 Å². The van der Waals surface area contributed by atoms with Gasteiger partial charge in [0.15, 0.2) is 0 Å². The van der Waals surface area contributed by atoms with Crippen LogP contribution in [0.15, 0.2) is 70.9 Å². The molecule has 0 fully saturated rings. The number of furan rings is 1. The van der Waals surface area contributed by atoms with Crippen LogP contribution >= 0.6 is 0 Å². The highest BCUT2D eigenvalue weighted by Crippen LogP contribution is 2.19. The lowest BCUT2D eigenvalue weighted by Gasteiger charge is -2.07. The molecule has 0 saturated carbocycles. The summed E-state index contributed by atoms with van der Waals surface area (Å²) < 4.78 is 15.6. The average Bonchev–Trinajstić information content (AvgIpc) is 3.22. The van der Waals surface area contributed by atoms with Gasteiger partial charge in [-0.25, -0.2) is 4.79 Å². The first-order valence-corrected chi connectivity index (χ1v) is 9.12. The standard InChI is InChI=1S/C24H19NO5/c1-16-22(11-12-29-16)23(26)20(14-25)13-17-5-9-21(10-6-17)30-15-18-3-7-19(8-4-18)24(27)28-2/h3-13H,15H2,1-2H3/b20-13+. The predicted molar refractivity (Wildman–Crippen MR) is 110 cm³/mol. The van der Waals surface area contributed by atoms with Gasteiger partial charge in [0.2, 0.25) is 5.78 Å². The first kappa shape index (κ1) is 20.6. The van der Waals surface area contributed by atoms with Gasteiger partial charge in [-0.3, -0.25) is 4.79 Å². The minimum Gasteiger partial charge on any atom is -0.489 e. The second-order valence-corrected chi connectivity index (χ2v) is 6.44. The van der Waals surface area contributed by atoms with Crippen LogP contribution in [0, 0.1) is 18.3 Å². The fraction of sp³-hybridized carbons (Fsp3) is 0.125. The van der Waals surface area contributed by atoms with E-state index in [9.17, 15) is 14.9 Å². The number of Topliss-reactive ketones (excluding diaryl/α,β-unsaturated/α-hetero) is 1. The summed E-state index contributed by atoms with van der Waals surface area (Å²) in [6.45, 7) is 2.01. The summed E-state index contributed by atoms with van der Waals surface area (Å²) in [6, 6.07) is 17.5. The number of allylic oxidation sites excluding steroid dienone is 1. The summed E-state index contributed by atoms with van der Waals surface area (Å²) in [6.07, 6.45) is 2.96. The molecule has 0 unspecified atom stereocenters. The van der Waals surface area contributed by atoms with Gasteiger partial charge in [0.1, 0.15) is 29.8 Å². The number of aryl methyl sites for hydroxylation is 1. The predicted octanol–water partition coefficient (Wildman–Crippen LogP) is 4.74. The van der Waals surface area contributed by atoms with E-state index in [0.29, 0.717) is 34.8 Å². The van der Waals surface area contributed by atoms with Crippen molar-refractivity contribution in [3.8, 4) is 11.8 Å². The molecule has 3 aromatic rings. The van der Waals surface area contributed by atoms with Gasteiger partial charge in [-0.15, -0.1) is 0 Å². The maximum absolute atomic E-state index is 12.5. The quantitative estimate of drug-likeness (QED) is 0.246. The smallest absolute Gasteiger partial charge is 0.337 e. The SMILES string of the molecule is COC(=O)c1ccc(COc2ccc(/C=C(\C#N)C(=O)c3ccoc3C)cc2)cc1. The van der Waals surface area contributed by atoms with E-state index in [-0.39, 0.29) is 17.3 Å². The first-order chi connectivity index (χ1) is 14.5. The molecule has 0 bridgehead atoms. The van der Waals surface area contributed by atoms with Crippen molar-refractivity contribution >= 4 is 17.8 Å². The third-order valence-corrected chi connectivity index (χ3v) is 4.44. The topological polar surface area (TPSA) is 89.5 Å². The molecule has 0 aliphatic heterocycles. The summed E-state index contributed by atoms with van der Waals surface area (Å²) in [5.41, 5.74) is 2.49. The minimum absolute atomic E-state index is 0.0267. The van der Waals surface area contributed by atoms with Gasteiger partial charge in [0.05, 0.1) is 24.5 Å². The minimum atomic E-state index is -0.385. The largest absolute Gasteiger partial charge is 0.489 e. The van der Waals surface area contributed by atoms with E-state index < -0.39 is 0 Å². The van der Waals surface area contributed by atoms with E-state index >= 15 is 0 Å². The van der Waals surface area contributed by atoms with Gasteiger partial charge in [0, 0.05) is 0 Å². The van der Waals surface area contributed by atoms with Gasteiger partial charge < -0.3 is 13.9 Å². The number of hydrogen-bond donors (Lipinski definition) is 0. The molecule has 30 heavy (non-hydrogen) atoms. The van der Waals surface area contributed by atoms with Crippen LogP contribution in [-0.2, 0) is 11.3 Å². The molecular formula is C24H19NO5. The number of carbonyl (C=O) groups excluding carboxylic acids is 2. The van der Waals surface area contributed by atoms with E-state index in [0.717, 1.165) is 5.56 Å². The molecule has 0 amide bonds. The number of nitrogens with zero attached hydrogens (tertiary/aromatic N) is 1. The summed E-state index contributed by atoms with van der Waals surface area (Å²) in [5, 5.41) is 9.36. The van der Waals surface area contributed by atoms with Crippen LogP contribution in [0.1, 0.15) is 37.6 Å². The van der Waals surface area contributed by atoms with Crippen molar-refractivity contribution in [1.29, 1.82) is 5.26 Å². The Morgan fingerprint density at radius 2 is 1.77 bits per heavy atom. The molecule has 150 valence electrons. The molecule has 1 aromatic heterocycles. The molecule has 0 spiro atoms. The highest BCUT2D eigenvalue weighted by atomic mass is 16.5. The van der Waals surface area contributed by atoms with Gasteiger partial charge in [-0.2, -0.15) is 5.26 Å². The third kappa shape index (κ3) is 4.83. The van der Waals surface area contributed by atoms with Crippen LogP contribution in [-0.4, -0.2) is 18.9 Å². The van der Waals surface area contributed by atoms with E-state index in [1.54, 1.807) is 61.5 Å². The van der Waals surface area contributed by atoms with Gasteiger partial charge >= 0.3 is 5.97 Å². The van der Waals surface area contributed by atoms with Crippen LogP contribution in [0.4, 0.5) is 0 Å². The Morgan fingerprint density at radius 3 is 2.33 bits per heavy atom. The zero-order valence-corrected chi connectivity index (χ0v) is 16.5. The number of hydrogen-bond acceptors (Lipinski definition) is 6. The fourth-order valence-electron chi connectivity index (χ4n) is 2.76. The molecule has 0 aliphatic carbocycles. The zero-order valence-electron chi connectivity index (χ0n) is 16.5. The van der Waals surface area contributed by atoms with Gasteiger partial charge in [-0.1, -0.05) is 24.3 Å². The lowest BCUT2D eigenvalue weighted by Crippen LogP contribution is -2.02. The second kappa shape index (κ2) is 9.39. The van der Waals surface area contributed by atoms with E-state index in [1.807, 2.05) is 6.07 Å². The van der Waals surface area contributed by atoms with Gasteiger partial charge in [-0.05, 0) is 54.5 Å². The number of methoxy groups -OCH3 is 1. The van der Waals surface area contributed by atoms with E-state index in [4.69, 9.17) is 9.15 Å². The van der Waals surface area contributed by atoms with Crippen molar-refractivity contribution in [2.75, 3.05) is 7.11 Å². The Labute approximate surface area is 174 Å². The van der Waals surface area contributed by atoms with Crippen LogP contribution in [0.3, 0.4) is 0 Å². The van der Waals surface area contributed by atoms with Crippen LogP contribution < -0.4 is 4.74 Å². The number of ketones is 1. The molecule has 0 N–H and O–H groups in total. The molecule has 1 heterocycles. The van der Waals surface area contributed by atoms with Crippen molar-refractivity contribution in [2.45, 2.75) is 13.5 Å². The third-order valence-electron chi connectivity index (χ3n) is 4.44. The number of nitriles is 1. The summed E-state index contributed by atoms with van der Waals surface area (Å²) in [7, 11) is 1.34. The second-order valence-electron chi connectivity index (χ2n) is 6.44. The number of benzene rings is 2. The average molecular weight is 401 g/mol. The molecule has 0 atom stereocenters. The molecule has 0 saturated heterocycles. The summed E-state index contributed by atoms with van der Waals surface area (Å²) in [5.74, 6) is 0.355. The summed E-state index contributed by atoms with van der Waals surface area (Å²) in [4.78, 5) is 23.9. The lowest BCUT2D eigenvalue weighted by atomic mass is 10.0. The molecule has 0 aliphatic rings. The number of esters is 1. The Morgan fingerprint density at radius 1 is 1.07 bits per heavy atom. The fourth-order valence-corrected chi connectivity index (χ4v) is 2.76. The Kier molecular flexibility index (Phi) is 6.46. The van der Waals surface area contributed by atoms with Crippen LogP contribution in [0.5, 0.6) is 5.75 Å². The highest BCUT2D eigenvalue weighted by molar-refractivity contribution is 6.14. The van der Waals surface area contributed by atoms with Gasteiger partial charge in [0.25, 0.3) is 0 Å². The van der Waals surface area contributed by atoms with Crippen molar-refractivity contribution in [3.63, 3.8) is 0 Å². The Bertz CT molecular complexity index is 1120. The van der Waals surface area contributed by atoms with E-state index in [2.05, 4.69) is 4.74 Å². The number of carbonyl (C=O) groups is 2. The van der Waals surface area contributed by atoms with Crippen molar-refractivity contribution < 1.29 is 23.5 Å². The molecule has 0 radical (unpaired) electrons. The Balaban J connectivity index is 1.65. The van der Waals surface area contributed by atoms with Crippen LogP contribution in [0.2, 0.25) is 0 Å². The zero-order chi connectivity index (χ0) is 21.5. The van der Waals surface area contributed by atoms with Crippen LogP contribution in [0.25, 0.3) is 6.08 Å². The Hall–Kier alpha value is -4.11. The molecule has 3 rings (SSSR count). The monoisotopic (exact) mass is 401 g/mol. The van der Waals surface area contributed by atoms with Crippen molar-refractivity contribution in [3.05, 3.63) is 94.4 Å². The number of ether oxygens (including phenoxy) is 2. The normalized spacial score (nSPS) is 10.9. The maximum atomic E-state index is 12.5. The maximum Gasteiger partial charge on any atom is 0.337 e. The molecular weight excluding hydrogens is 382 g/mol. The number of rotatable bonds is 7. The van der Waals surface area contributed by atoms with Crippen molar-refractivity contribution in [1.82, 2.24) is 0 Å². The van der Waals surface area contributed by atoms with Crippen molar-refractivity contribution in [2.24, 2.45) is 0 Å². The lowest BCUT2D eigenvalue weighted by molar-refractivity contribution is 0.0600. The molecule has 6 heteroatoms. The first-order valence-electron chi connectivity index (χ1n) is 9.12.